The van der Waals surface area contributed by atoms with E-state index in [4.69, 9.17) is 9.47 Å². The topological polar surface area (TPSA) is 38.8 Å². The van der Waals surface area contributed by atoms with Crippen LogP contribution < -0.4 is 4.74 Å². The zero-order valence-electron chi connectivity index (χ0n) is 16.2. The molecule has 1 atom stereocenters. The number of nitrogens with zero attached hydrogens (tertiary/aromatic N) is 1. The summed E-state index contributed by atoms with van der Waals surface area (Å²) in [6, 6.07) is 18.1. The van der Waals surface area contributed by atoms with Gasteiger partial charge in [0, 0.05) is 23.2 Å². The Balaban J connectivity index is 1.52. The maximum absolute atomic E-state index is 12.4. The van der Waals surface area contributed by atoms with Gasteiger partial charge in [-0.1, -0.05) is 18.2 Å². The summed E-state index contributed by atoms with van der Waals surface area (Å²) in [4.78, 5) is 15.4. The molecule has 27 heavy (non-hydrogen) atoms. The van der Waals surface area contributed by atoms with Crippen LogP contribution in [-0.2, 0) is 4.74 Å². The van der Waals surface area contributed by atoms with Gasteiger partial charge < -0.3 is 14.4 Å². The lowest BCUT2D eigenvalue weighted by Crippen LogP contribution is -2.40. The fraction of sp³-hybridized carbons (Fsp3) is 0.409. The van der Waals surface area contributed by atoms with Gasteiger partial charge in [-0.2, -0.15) is 0 Å². The van der Waals surface area contributed by atoms with Crippen molar-refractivity contribution in [3.05, 3.63) is 54.6 Å². The van der Waals surface area contributed by atoms with E-state index in [1.807, 2.05) is 68.1 Å². The van der Waals surface area contributed by atoms with Crippen molar-refractivity contribution in [1.82, 2.24) is 4.90 Å². The Labute approximate surface area is 165 Å². The highest BCUT2D eigenvalue weighted by Gasteiger charge is 2.32. The van der Waals surface area contributed by atoms with Crippen molar-refractivity contribution < 1.29 is 14.3 Å². The number of carbonyl (C=O) groups excluding carboxylic acids is 1. The average molecular weight is 386 g/mol. The van der Waals surface area contributed by atoms with Gasteiger partial charge in [-0.15, -0.1) is 11.8 Å². The maximum atomic E-state index is 12.4. The second-order valence-electron chi connectivity index (χ2n) is 7.67. The Kier molecular flexibility index (Phi) is 6.32. The van der Waals surface area contributed by atoms with E-state index in [0.29, 0.717) is 0 Å². The van der Waals surface area contributed by atoms with Crippen molar-refractivity contribution in [1.29, 1.82) is 0 Å². The molecule has 5 heteroatoms. The summed E-state index contributed by atoms with van der Waals surface area (Å²) in [5.74, 6) is 2.52. The second-order valence-corrected chi connectivity index (χ2v) is 8.76. The minimum absolute atomic E-state index is 0.197. The highest BCUT2D eigenvalue weighted by atomic mass is 32.2. The van der Waals surface area contributed by atoms with Gasteiger partial charge in [-0.25, -0.2) is 4.79 Å². The number of ether oxygens (including phenoxy) is 2. The van der Waals surface area contributed by atoms with E-state index in [1.165, 1.54) is 4.90 Å². The van der Waals surface area contributed by atoms with Crippen LogP contribution in [0.3, 0.4) is 0 Å². The molecule has 0 N–H and O–H groups in total. The summed E-state index contributed by atoms with van der Waals surface area (Å²) in [6.45, 7) is 6.50. The zero-order valence-corrected chi connectivity index (χ0v) is 17.0. The van der Waals surface area contributed by atoms with Crippen LogP contribution in [0.5, 0.6) is 11.5 Å². The van der Waals surface area contributed by atoms with Crippen LogP contribution >= 0.6 is 11.8 Å². The first kappa shape index (κ1) is 19.6. The fourth-order valence-corrected chi connectivity index (χ4v) is 4.05. The number of benzene rings is 2. The van der Waals surface area contributed by atoms with Crippen molar-refractivity contribution in [3.63, 3.8) is 0 Å². The Morgan fingerprint density at radius 1 is 1.07 bits per heavy atom. The predicted octanol–water partition coefficient (Wildman–Crippen LogP) is 5.97. The Morgan fingerprint density at radius 2 is 1.74 bits per heavy atom. The first-order valence-electron chi connectivity index (χ1n) is 9.36. The SMILES string of the molecule is CC(C)(C)OC(=O)N1CCCC1CSc1ccc(Oc2ccccc2)cc1. The third kappa shape index (κ3) is 5.93. The maximum Gasteiger partial charge on any atom is 0.410 e. The smallest absolute Gasteiger partial charge is 0.410 e. The van der Waals surface area contributed by atoms with E-state index in [-0.39, 0.29) is 12.1 Å². The van der Waals surface area contributed by atoms with E-state index < -0.39 is 5.60 Å². The lowest BCUT2D eigenvalue weighted by atomic mass is 10.2. The van der Waals surface area contributed by atoms with Gasteiger partial charge in [-0.05, 0) is 70.0 Å². The van der Waals surface area contributed by atoms with Crippen molar-refractivity contribution in [2.45, 2.75) is 50.2 Å². The number of para-hydroxylation sites is 1. The number of amides is 1. The molecule has 0 radical (unpaired) electrons. The van der Waals surface area contributed by atoms with Crippen LogP contribution in [0.2, 0.25) is 0 Å². The molecule has 1 heterocycles. The van der Waals surface area contributed by atoms with Crippen LogP contribution in [-0.4, -0.2) is 34.9 Å². The van der Waals surface area contributed by atoms with E-state index >= 15 is 0 Å². The van der Waals surface area contributed by atoms with Crippen molar-refractivity contribution in [2.24, 2.45) is 0 Å². The summed E-state index contributed by atoms with van der Waals surface area (Å²) in [5, 5.41) is 0. The van der Waals surface area contributed by atoms with Crippen molar-refractivity contribution in [3.8, 4) is 11.5 Å². The highest BCUT2D eigenvalue weighted by Crippen LogP contribution is 2.29. The monoisotopic (exact) mass is 385 g/mol. The molecule has 0 bridgehead atoms. The average Bonchev–Trinajstić information content (AvgIpc) is 3.09. The summed E-state index contributed by atoms with van der Waals surface area (Å²) in [6.07, 6.45) is 1.87. The van der Waals surface area contributed by atoms with E-state index in [9.17, 15) is 4.79 Å². The molecule has 0 spiro atoms. The molecule has 0 aliphatic carbocycles. The van der Waals surface area contributed by atoms with Crippen LogP contribution in [0.1, 0.15) is 33.6 Å². The second kappa shape index (κ2) is 8.70. The summed E-state index contributed by atoms with van der Waals surface area (Å²) < 4.78 is 11.4. The summed E-state index contributed by atoms with van der Waals surface area (Å²) >= 11 is 1.77. The zero-order chi connectivity index (χ0) is 19.3. The molecule has 0 saturated carbocycles. The number of hydrogen-bond acceptors (Lipinski definition) is 4. The molecule has 144 valence electrons. The molecular weight excluding hydrogens is 358 g/mol. The molecule has 3 rings (SSSR count). The number of rotatable bonds is 5. The molecule has 1 saturated heterocycles. The quantitative estimate of drug-likeness (QED) is 0.594. The van der Waals surface area contributed by atoms with Gasteiger partial charge in [0.2, 0.25) is 0 Å². The normalized spacial score (nSPS) is 17.0. The highest BCUT2D eigenvalue weighted by molar-refractivity contribution is 7.99. The van der Waals surface area contributed by atoms with Gasteiger partial charge in [-0.3, -0.25) is 0 Å². The molecule has 1 fully saturated rings. The largest absolute Gasteiger partial charge is 0.457 e. The number of carbonyl (C=O) groups is 1. The first-order valence-corrected chi connectivity index (χ1v) is 10.3. The van der Waals surface area contributed by atoms with Gasteiger partial charge in [0.05, 0.1) is 0 Å². The van der Waals surface area contributed by atoms with Crippen LogP contribution in [0.15, 0.2) is 59.5 Å². The molecule has 2 aromatic carbocycles. The van der Waals surface area contributed by atoms with Crippen LogP contribution in [0.25, 0.3) is 0 Å². The molecule has 0 aromatic heterocycles. The number of thioether (sulfide) groups is 1. The molecule has 1 unspecified atom stereocenters. The Bertz CT molecular complexity index is 740. The molecule has 1 aliphatic rings. The third-order valence-corrected chi connectivity index (χ3v) is 5.41. The predicted molar refractivity (Wildman–Crippen MR) is 110 cm³/mol. The van der Waals surface area contributed by atoms with Gasteiger partial charge >= 0.3 is 6.09 Å². The molecule has 1 amide bonds. The standard InChI is InChI=1S/C22H27NO3S/c1-22(2,3)26-21(24)23-15-7-8-17(23)16-27-20-13-11-19(12-14-20)25-18-9-5-4-6-10-18/h4-6,9-14,17H,7-8,15-16H2,1-3H3. The van der Waals surface area contributed by atoms with E-state index in [1.54, 1.807) is 11.8 Å². The lowest BCUT2D eigenvalue weighted by molar-refractivity contribution is 0.0242. The Morgan fingerprint density at radius 3 is 2.41 bits per heavy atom. The van der Waals surface area contributed by atoms with Gasteiger partial charge in [0.1, 0.15) is 17.1 Å². The van der Waals surface area contributed by atoms with E-state index in [0.717, 1.165) is 36.6 Å². The lowest BCUT2D eigenvalue weighted by Gasteiger charge is -2.28. The minimum atomic E-state index is -0.452. The van der Waals surface area contributed by atoms with E-state index in [2.05, 4.69) is 12.1 Å². The Hall–Kier alpha value is -2.14. The molecule has 1 aliphatic heterocycles. The third-order valence-electron chi connectivity index (χ3n) is 4.25. The minimum Gasteiger partial charge on any atom is -0.457 e. The van der Waals surface area contributed by atoms with Crippen LogP contribution in [0.4, 0.5) is 4.79 Å². The first-order chi connectivity index (χ1) is 12.9. The van der Waals surface area contributed by atoms with Crippen molar-refractivity contribution in [2.75, 3.05) is 12.3 Å². The van der Waals surface area contributed by atoms with Gasteiger partial charge in [0.25, 0.3) is 0 Å². The van der Waals surface area contributed by atoms with Crippen LogP contribution in [0, 0.1) is 0 Å². The molecule has 4 nitrogen and oxygen atoms in total. The van der Waals surface area contributed by atoms with Crippen molar-refractivity contribution >= 4 is 17.9 Å². The molecular formula is C22H27NO3S. The molecule has 2 aromatic rings. The fourth-order valence-electron chi connectivity index (χ4n) is 2.99. The summed E-state index contributed by atoms with van der Waals surface area (Å²) in [5.41, 5.74) is -0.452. The number of hydrogen-bond donors (Lipinski definition) is 0. The summed E-state index contributed by atoms with van der Waals surface area (Å²) in [7, 11) is 0. The van der Waals surface area contributed by atoms with Gasteiger partial charge in [0.15, 0.2) is 0 Å². The number of likely N-dealkylation sites (tertiary alicyclic amines) is 1.